The number of carbonyl (C=O) groups is 1. The van der Waals surface area contributed by atoms with E-state index in [1.165, 1.54) is 0 Å². The number of hydrogen-bond donors (Lipinski definition) is 0. The SMILES string of the molecule is C=CCOc1ccc(C(=O)OCc2ccccc2)cc1. The highest BCUT2D eigenvalue weighted by Crippen LogP contribution is 2.13. The van der Waals surface area contributed by atoms with E-state index in [4.69, 9.17) is 9.47 Å². The van der Waals surface area contributed by atoms with Gasteiger partial charge in [-0.1, -0.05) is 43.0 Å². The smallest absolute Gasteiger partial charge is 0.338 e. The second kappa shape index (κ2) is 7.14. The highest BCUT2D eigenvalue weighted by Gasteiger charge is 2.07. The van der Waals surface area contributed by atoms with E-state index in [9.17, 15) is 4.79 Å². The zero-order valence-electron chi connectivity index (χ0n) is 11.1. The monoisotopic (exact) mass is 268 g/mol. The fourth-order valence-electron chi connectivity index (χ4n) is 1.65. The zero-order valence-corrected chi connectivity index (χ0v) is 11.1. The predicted octanol–water partition coefficient (Wildman–Crippen LogP) is 3.61. The Morgan fingerprint density at radius 1 is 1.05 bits per heavy atom. The highest BCUT2D eigenvalue weighted by molar-refractivity contribution is 5.89. The summed E-state index contributed by atoms with van der Waals surface area (Å²) in [5.41, 5.74) is 1.47. The molecular formula is C17H16O3. The molecule has 0 unspecified atom stereocenters. The summed E-state index contributed by atoms with van der Waals surface area (Å²) in [6.45, 7) is 4.29. The van der Waals surface area contributed by atoms with Crippen molar-refractivity contribution in [3.05, 3.63) is 78.4 Å². The van der Waals surface area contributed by atoms with E-state index < -0.39 is 0 Å². The lowest BCUT2D eigenvalue weighted by Gasteiger charge is -2.06. The van der Waals surface area contributed by atoms with Gasteiger partial charge in [-0.2, -0.15) is 0 Å². The van der Waals surface area contributed by atoms with E-state index in [2.05, 4.69) is 6.58 Å². The lowest BCUT2D eigenvalue weighted by atomic mass is 10.2. The van der Waals surface area contributed by atoms with Crippen LogP contribution in [0.5, 0.6) is 5.75 Å². The molecule has 0 aliphatic rings. The minimum atomic E-state index is -0.343. The lowest BCUT2D eigenvalue weighted by molar-refractivity contribution is 0.0472. The van der Waals surface area contributed by atoms with Gasteiger partial charge in [0.25, 0.3) is 0 Å². The molecule has 0 amide bonds. The van der Waals surface area contributed by atoms with Crippen LogP contribution in [0.1, 0.15) is 15.9 Å². The van der Waals surface area contributed by atoms with Crippen LogP contribution in [0, 0.1) is 0 Å². The van der Waals surface area contributed by atoms with Crippen molar-refractivity contribution < 1.29 is 14.3 Å². The Morgan fingerprint density at radius 3 is 2.40 bits per heavy atom. The Bertz CT molecular complexity index is 559. The molecule has 2 aromatic rings. The molecule has 102 valence electrons. The first kappa shape index (κ1) is 13.9. The Hall–Kier alpha value is -2.55. The van der Waals surface area contributed by atoms with Crippen LogP contribution in [0.4, 0.5) is 0 Å². The summed E-state index contributed by atoms with van der Waals surface area (Å²) in [7, 11) is 0. The molecular weight excluding hydrogens is 252 g/mol. The molecule has 0 spiro atoms. The number of rotatable bonds is 6. The van der Waals surface area contributed by atoms with Crippen LogP contribution in [0.25, 0.3) is 0 Å². The van der Waals surface area contributed by atoms with Crippen molar-refractivity contribution in [1.29, 1.82) is 0 Å². The normalized spacial score (nSPS) is 9.80. The zero-order chi connectivity index (χ0) is 14.2. The maximum Gasteiger partial charge on any atom is 0.338 e. The standard InChI is InChI=1S/C17H16O3/c1-2-12-19-16-10-8-15(9-11-16)17(18)20-13-14-6-4-3-5-7-14/h2-11H,1,12-13H2. The van der Waals surface area contributed by atoms with E-state index in [0.29, 0.717) is 17.9 Å². The van der Waals surface area contributed by atoms with Crippen LogP contribution >= 0.6 is 0 Å². The van der Waals surface area contributed by atoms with Crippen LogP contribution in [0.2, 0.25) is 0 Å². The van der Waals surface area contributed by atoms with Crippen molar-refractivity contribution in [3.8, 4) is 5.75 Å². The maximum atomic E-state index is 11.9. The first-order valence-corrected chi connectivity index (χ1v) is 6.34. The molecule has 0 radical (unpaired) electrons. The molecule has 0 N–H and O–H groups in total. The van der Waals surface area contributed by atoms with Gasteiger partial charge in [-0.25, -0.2) is 4.79 Å². The fraction of sp³-hybridized carbons (Fsp3) is 0.118. The second-order valence-corrected chi connectivity index (χ2v) is 4.19. The van der Waals surface area contributed by atoms with Gasteiger partial charge in [0.2, 0.25) is 0 Å². The summed E-state index contributed by atoms with van der Waals surface area (Å²) in [6, 6.07) is 16.4. The molecule has 0 saturated heterocycles. The molecule has 0 saturated carbocycles. The first-order chi connectivity index (χ1) is 9.79. The maximum absolute atomic E-state index is 11.9. The Kier molecular flexibility index (Phi) is 4.95. The number of esters is 1. The molecule has 3 heteroatoms. The van der Waals surface area contributed by atoms with Gasteiger partial charge in [0.15, 0.2) is 0 Å². The molecule has 0 aliphatic carbocycles. The molecule has 0 bridgehead atoms. The van der Waals surface area contributed by atoms with Crippen molar-refractivity contribution in [1.82, 2.24) is 0 Å². The summed E-state index contributed by atoms with van der Waals surface area (Å²) < 4.78 is 10.6. The Labute approximate surface area is 118 Å². The average molecular weight is 268 g/mol. The minimum Gasteiger partial charge on any atom is -0.490 e. The van der Waals surface area contributed by atoms with Crippen molar-refractivity contribution in [3.63, 3.8) is 0 Å². The molecule has 0 heterocycles. The van der Waals surface area contributed by atoms with Crippen LogP contribution < -0.4 is 4.74 Å². The first-order valence-electron chi connectivity index (χ1n) is 6.34. The molecule has 0 fully saturated rings. The average Bonchev–Trinajstić information content (AvgIpc) is 2.52. The third kappa shape index (κ3) is 3.99. The molecule has 2 aromatic carbocycles. The largest absolute Gasteiger partial charge is 0.490 e. The van der Waals surface area contributed by atoms with Gasteiger partial charge in [-0.15, -0.1) is 0 Å². The van der Waals surface area contributed by atoms with Gasteiger partial charge in [0, 0.05) is 0 Å². The molecule has 20 heavy (non-hydrogen) atoms. The molecule has 0 aliphatic heterocycles. The number of benzene rings is 2. The highest BCUT2D eigenvalue weighted by atomic mass is 16.5. The number of hydrogen-bond acceptors (Lipinski definition) is 3. The van der Waals surface area contributed by atoms with Gasteiger partial charge in [-0.3, -0.25) is 0 Å². The van der Waals surface area contributed by atoms with Crippen molar-refractivity contribution in [2.24, 2.45) is 0 Å². The van der Waals surface area contributed by atoms with Gasteiger partial charge in [0.1, 0.15) is 19.0 Å². The van der Waals surface area contributed by atoms with Crippen LogP contribution in [-0.2, 0) is 11.3 Å². The summed E-state index contributed by atoms with van der Waals surface area (Å²) >= 11 is 0. The van der Waals surface area contributed by atoms with Crippen LogP contribution in [0.3, 0.4) is 0 Å². The second-order valence-electron chi connectivity index (χ2n) is 4.19. The van der Waals surface area contributed by atoms with Crippen molar-refractivity contribution in [2.45, 2.75) is 6.61 Å². The molecule has 3 nitrogen and oxygen atoms in total. The number of ether oxygens (including phenoxy) is 2. The van der Waals surface area contributed by atoms with Crippen LogP contribution in [0.15, 0.2) is 67.3 Å². The third-order valence-corrected chi connectivity index (χ3v) is 2.67. The quantitative estimate of drug-likeness (QED) is 0.593. The summed E-state index contributed by atoms with van der Waals surface area (Å²) in [5.74, 6) is 0.355. The van der Waals surface area contributed by atoms with Gasteiger partial charge in [-0.05, 0) is 29.8 Å². The van der Waals surface area contributed by atoms with E-state index in [0.717, 1.165) is 5.56 Å². The van der Waals surface area contributed by atoms with E-state index in [1.807, 2.05) is 30.3 Å². The molecule has 0 atom stereocenters. The minimum absolute atomic E-state index is 0.272. The Balaban J connectivity index is 1.90. The summed E-state index contributed by atoms with van der Waals surface area (Å²) in [4.78, 5) is 11.9. The van der Waals surface area contributed by atoms with Crippen LogP contribution in [-0.4, -0.2) is 12.6 Å². The molecule has 0 aromatic heterocycles. The fourth-order valence-corrected chi connectivity index (χ4v) is 1.65. The van der Waals surface area contributed by atoms with Gasteiger partial charge < -0.3 is 9.47 Å². The summed E-state index contributed by atoms with van der Waals surface area (Å²) in [5, 5.41) is 0. The lowest BCUT2D eigenvalue weighted by Crippen LogP contribution is -2.05. The van der Waals surface area contributed by atoms with Gasteiger partial charge >= 0.3 is 5.97 Å². The van der Waals surface area contributed by atoms with E-state index in [-0.39, 0.29) is 12.6 Å². The van der Waals surface area contributed by atoms with E-state index >= 15 is 0 Å². The summed E-state index contributed by atoms with van der Waals surface area (Å²) in [6.07, 6.45) is 1.67. The predicted molar refractivity (Wildman–Crippen MR) is 77.7 cm³/mol. The van der Waals surface area contributed by atoms with Crippen molar-refractivity contribution >= 4 is 5.97 Å². The van der Waals surface area contributed by atoms with E-state index in [1.54, 1.807) is 30.3 Å². The Morgan fingerprint density at radius 2 is 1.75 bits per heavy atom. The van der Waals surface area contributed by atoms with Gasteiger partial charge in [0.05, 0.1) is 5.56 Å². The molecule has 2 rings (SSSR count). The topological polar surface area (TPSA) is 35.5 Å². The third-order valence-electron chi connectivity index (χ3n) is 2.67. The van der Waals surface area contributed by atoms with Crippen molar-refractivity contribution in [2.75, 3.05) is 6.61 Å². The number of carbonyl (C=O) groups excluding carboxylic acids is 1.